The second-order valence-corrected chi connectivity index (χ2v) is 5.28. The molecule has 4 heteroatoms. The number of rotatable bonds is 10. The predicted molar refractivity (Wildman–Crippen MR) is 84.0 cm³/mol. The van der Waals surface area contributed by atoms with Gasteiger partial charge < -0.3 is 19.5 Å². The van der Waals surface area contributed by atoms with Crippen LogP contribution in [0.3, 0.4) is 0 Å². The zero-order valence-electron chi connectivity index (χ0n) is 13.2. The molecule has 0 radical (unpaired) electrons. The van der Waals surface area contributed by atoms with Gasteiger partial charge in [0.05, 0.1) is 19.8 Å². The summed E-state index contributed by atoms with van der Waals surface area (Å²) in [6, 6.07) is 6.89. The first-order valence-electron chi connectivity index (χ1n) is 7.91. The van der Waals surface area contributed by atoms with Gasteiger partial charge in [-0.1, -0.05) is 19.1 Å². The van der Waals surface area contributed by atoms with Gasteiger partial charge in [0.2, 0.25) is 0 Å². The summed E-state index contributed by atoms with van der Waals surface area (Å²) in [4.78, 5) is 0. The van der Waals surface area contributed by atoms with Gasteiger partial charge in [0.25, 0.3) is 0 Å². The molecule has 0 aliphatic heterocycles. The molecule has 1 aliphatic rings. The van der Waals surface area contributed by atoms with Gasteiger partial charge in [-0.25, -0.2) is 0 Å². The van der Waals surface area contributed by atoms with Crippen molar-refractivity contribution in [2.24, 2.45) is 0 Å². The molecule has 0 spiro atoms. The maximum atomic E-state index is 5.94. The molecule has 4 nitrogen and oxygen atoms in total. The Morgan fingerprint density at radius 2 is 2.10 bits per heavy atom. The predicted octanol–water partition coefficient (Wildman–Crippen LogP) is 2.72. The summed E-state index contributed by atoms with van der Waals surface area (Å²) in [7, 11) is 1.68. The lowest BCUT2D eigenvalue weighted by Gasteiger charge is -2.14. The fourth-order valence-corrected chi connectivity index (χ4v) is 2.80. The molecule has 0 saturated heterocycles. The molecular formula is C17H27NO3. The minimum atomic E-state index is 0.492. The van der Waals surface area contributed by atoms with E-state index in [9.17, 15) is 0 Å². The molecule has 0 bridgehead atoms. The van der Waals surface area contributed by atoms with E-state index in [0.717, 1.165) is 31.7 Å². The van der Waals surface area contributed by atoms with Gasteiger partial charge in [-0.3, -0.25) is 0 Å². The van der Waals surface area contributed by atoms with Crippen LogP contribution in [0.5, 0.6) is 5.75 Å². The van der Waals surface area contributed by atoms with Gasteiger partial charge >= 0.3 is 0 Å². The highest BCUT2D eigenvalue weighted by molar-refractivity contribution is 5.45. The van der Waals surface area contributed by atoms with E-state index < -0.39 is 0 Å². The maximum absolute atomic E-state index is 5.94. The SMILES string of the molecule is CCNC1CCc2c(OCCCOCCOC)cccc21. The Balaban J connectivity index is 1.77. The van der Waals surface area contributed by atoms with E-state index in [1.165, 1.54) is 17.5 Å². The molecule has 21 heavy (non-hydrogen) atoms. The van der Waals surface area contributed by atoms with E-state index in [4.69, 9.17) is 14.2 Å². The third-order valence-corrected chi connectivity index (χ3v) is 3.80. The second-order valence-electron chi connectivity index (χ2n) is 5.28. The molecule has 0 heterocycles. The van der Waals surface area contributed by atoms with Gasteiger partial charge in [0.15, 0.2) is 0 Å². The summed E-state index contributed by atoms with van der Waals surface area (Å²) in [5.41, 5.74) is 2.79. The first kappa shape index (κ1) is 16.3. The first-order valence-corrected chi connectivity index (χ1v) is 7.91. The molecule has 0 aromatic heterocycles. The van der Waals surface area contributed by atoms with E-state index in [1.807, 2.05) is 0 Å². The monoisotopic (exact) mass is 293 g/mol. The fraction of sp³-hybridized carbons (Fsp3) is 0.647. The zero-order chi connectivity index (χ0) is 14.9. The molecule has 1 atom stereocenters. The highest BCUT2D eigenvalue weighted by Gasteiger charge is 2.24. The Morgan fingerprint density at radius 3 is 2.90 bits per heavy atom. The Hall–Kier alpha value is -1.10. The Labute approximate surface area is 127 Å². The summed E-state index contributed by atoms with van der Waals surface area (Å²) >= 11 is 0. The van der Waals surface area contributed by atoms with E-state index in [2.05, 4.69) is 30.4 Å². The van der Waals surface area contributed by atoms with E-state index in [-0.39, 0.29) is 0 Å². The summed E-state index contributed by atoms with van der Waals surface area (Å²) in [5, 5.41) is 3.54. The van der Waals surface area contributed by atoms with E-state index >= 15 is 0 Å². The molecule has 118 valence electrons. The number of hydrogen-bond acceptors (Lipinski definition) is 4. The van der Waals surface area contributed by atoms with Crippen LogP contribution in [0.15, 0.2) is 18.2 Å². The van der Waals surface area contributed by atoms with Crippen molar-refractivity contribution in [3.8, 4) is 5.75 Å². The van der Waals surface area contributed by atoms with Crippen molar-refractivity contribution in [1.29, 1.82) is 0 Å². The number of hydrogen-bond donors (Lipinski definition) is 1. The highest BCUT2D eigenvalue weighted by Crippen LogP contribution is 2.36. The van der Waals surface area contributed by atoms with Gasteiger partial charge in [0.1, 0.15) is 5.75 Å². The number of methoxy groups -OCH3 is 1. The van der Waals surface area contributed by atoms with Crippen LogP contribution in [-0.2, 0) is 15.9 Å². The third-order valence-electron chi connectivity index (χ3n) is 3.80. The average molecular weight is 293 g/mol. The van der Waals surface area contributed by atoms with Crippen LogP contribution in [-0.4, -0.2) is 40.1 Å². The number of benzene rings is 1. The van der Waals surface area contributed by atoms with Crippen LogP contribution in [0.4, 0.5) is 0 Å². The molecule has 1 aromatic rings. The normalized spacial score (nSPS) is 17.0. The van der Waals surface area contributed by atoms with Gasteiger partial charge in [-0.2, -0.15) is 0 Å². The molecule has 1 N–H and O–H groups in total. The van der Waals surface area contributed by atoms with Crippen molar-refractivity contribution in [2.75, 3.05) is 40.1 Å². The Kier molecular flexibility index (Phi) is 7.00. The van der Waals surface area contributed by atoms with Crippen molar-refractivity contribution < 1.29 is 14.2 Å². The third kappa shape index (κ3) is 4.70. The number of ether oxygens (including phenoxy) is 3. The van der Waals surface area contributed by atoms with E-state index in [1.54, 1.807) is 7.11 Å². The second kappa shape index (κ2) is 9.03. The van der Waals surface area contributed by atoms with E-state index in [0.29, 0.717) is 25.9 Å². The lowest BCUT2D eigenvalue weighted by atomic mass is 10.1. The summed E-state index contributed by atoms with van der Waals surface area (Å²) in [6.45, 7) is 5.89. The van der Waals surface area contributed by atoms with Gasteiger partial charge in [-0.05, 0) is 36.6 Å². The summed E-state index contributed by atoms with van der Waals surface area (Å²) in [5.74, 6) is 1.05. The molecule has 0 fully saturated rings. The van der Waals surface area contributed by atoms with Crippen LogP contribution in [0.25, 0.3) is 0 Å². The fourth-order valence-electron chi connectivity index (χ4n) is 2.80. The number of nitrogens with one attached hydrogen (secondary N) is 1. The molecule has 2 rings (SSSR count). The van der Waals surface area contributed by atoms with Crippen LogP contribution in [0, 0.1) is 0 Å². The molecule has 1 unspecified atom stereocenters. The molecular weight excluding hydrogens is 266 g/mol. The Bertz CT molecular complexity index is 422. The van der Waals surface area contributed by atoms with Crippen LogP contribution in [0.1, 0.15) is 36.9 Å². The quantitative estimate of drug-likeness (QED) is 0.673. The van der Waals surface area contributed by atoms with Crippen LogP contribution >= 0.6 is 0 Å². The van der Waals surface area contributed by atoms with Crippen molar-refractivity contribution in [2.45, 2.75) is 32.2 Å². The first-order chi connectivity index (χ1) is 10.4. The smallest absolute Gasteiger partial charge is 0.122 e. The zero-order valence-corrected chi connectivity index (χ0v) is 13.2. The van der Waals surface area contributed by atoms with Crippen molar-refractivity contribution in [1.82, 2.24) is 5.32 Å². The maximum Gasteiger partial charge on any atom is 0.122 e. The van der Waals surface area contributed by atoms with Crippen molar-refractivity contribution >= 4 is 0 Å². The van der Waals surface area contributed by atoms with Crippen LogP contribution < -0.4 is 10.1 Å². The lowest BCUT2D eigenvalue weighted by molar-refractivity contribution is 0.0644. The minimum Gasteiger partial charge on any atom is -0.493 e. The average Bonchev–Trinajstić information content (AvgIpc) is 2.91. The molecule has 0 amide bonds. The molecule has 1 aromatic carbocycles. The molecule has 1 aliphatic carbocycles. The lowest BCUT2D eigenvalue weighted by Crippen LogP contribution is -2.18. The van der Waals surface area contributed by atoms with Gasteiger partial charge in [0, 0.05) is 26.2 Å². The van der Waals surface area contributed by atoms with Crippen molar-refractivity contribution in [3.63, 3.8) is 0 Å². The standard InChI is InChI=1S/C17H27NO3/c1-3-18-16-9-8-15-14(16)6-4-7-17(15)21-11-5-10-20-13-12-19-2/h4,6-7,16,18H,3,5,8-13H2,1-2H3. The molecule has 0 saturated carbocycles. The largest absolute Gasteiger partial charge is 0.493 e. The Morgan fingerprint density at radius 1 is 1.19 bits per heavy atom. The number of fused-ring (bicyclic) bond motifs is 1. The summed E-state index contributed by atoms with van der Waals surface area (Å²) in [6.07, 6.45) is 3.18. The van der Waals surface area contributed by atoms with Crippen molar-refractivity contribution in [3.05, 3.63) is 29.3 Å². The van der Waals surface area contributed by atoms with Crippen LogP contribution in [0.2, 0.25) is 0 Å². The minimum absolute atomic E-state index is 0.492. The summed E-state index contributed by atoms with van der Waals surface area (Å²) < 4.78 is 16.3. The topological polar surface area (TPSA) is 39.7 Å². The van der Waals surface area contributed by atoms with Gasteiger partial charge in [-0.15, -0.1) is 0 Å². The highest BCUT2D eigenvalue weighted by atomic mass is 16.5.